The molecule has 0 heterocycles. The van der Waals surface area contributed by atoms with Gasteiger partial charge < -0.3 is 5.32 Å². The lowest BCUT2D eigenvalue weighted by atomic mass is 9.79. The fraction of sp³-hybridized carbons (Fsp3) is 1.00. The molecule has 0 spiro atoms. The van der Waals surface area contributed by atoms with Gasteiger partial charge in [-0.2, -0.15) is 0 Å². The molecular formula is C14H27N. The van der Waals surface area contributed by atoms with Gasteiger partial charge in [-0.05, 0) is 44.4 Å². The number of hydrogen-bond donors (Lipinski definition) is 1. The molecule has 3 atom stereocenters. The predicted molar refractivity (Wildman–Crippen MR) is 66.0 cm³/mol. The molecule has 1 nitrogen and oxygen atoms in total. The van der Waals surface area contributed by atoms with Crippen molar-refractivity contribution in [2.45, 2.75) is 77.3 Å². The lowest BCUT2D eigenvalue weighted by molar-refractivity contribution is 0.220. The lowest BCUT2D eigenvalue weighted by Gasteiger charge is -2.33. The Hall–Kier alpha value is -0.0400. The molecule has 15 heavy (non-hydrogen) atoms. The van der Waals surface area contributed by atoms with Gasteiger partial charge in [0.15, 0.2) is 0 Å². The molecule has 0 amide bonds. The Bertz CT molecular complexity index is 184. The zero-order chi connectivity index (χ0) is 10.7. The Morgan fingerprint density at radius 3 is 2.40 bits per heavy atom. The summed E-state index contributed by atoms with van der Waals surface area (Å²) in [7, 11) is 0. The summed E-state index contributed by atoms with van der Waals surface area (Å²) in [5, 5.41) is 3.87. The van der Waals surface area contributed by atoms with E-state index in [9.17, 15) is 0 Å². The third-order valence-electron chi connectivity index (χ3n) is 4.54. The summed E-state index contributed by atoms with van der Waals surface area (Å²) in [6.07, 6.45) is 11.6. The lowest BCUT2D eigenvalue weighted by Crippen LogP contribution is -2.41. The second-order valence-electron chi connectivity index (χ2n) is 5.97. The summed E-state index contributed by atoms with van der Waals surface area (Å²) in [5.41, 5.74) is 0. The first kappa shape index (κ1) is 11.4. The molecule has 88 valence electrons. The molecule has 0 aromatic carbocycles. The number of rotatable bonds is 3. The van der Waals surface area contributed by atoms with Gasteiger partial charge in [0.25, 0.3) is 0 Å². The van der Waals surface area contributed by atoms with Crippen LogP contribution in [0.3, 0.4) is 0 Å². The van der Waals surface area contributed by atoms with E-state index < -0.39 is 0 Å². The van der Waals surface area contributed by atoms with Gasteiger partial charge in [-0.15, -0.1) is 0 Å². The number of nitrogens with one attached hydrogen (secondary N) is 1. The van der Waals surface area contributed by atoms with Crippen molar-refractivity contribution in [2.75, 3.05) is 0 Å². The fourth-order valence-electron chi connectivity index (χ4n) is 3.54. The van der Waals surface area contributed by atoms with Crippen LogP contribution in [0.4, 0.5) is 0 Å². The van der Waals surface area contributed by atoms with Crippen LogP contribution in [-0.4, -0.2) is 12.1 Å². The van der Waals surface area contributed by atoms with E-state index in [1.54, 1.807) is 0 Å². The average molecular weight is 209 g/mol. The highest BCUT2D eigenvalue weighted by atomic mass is 15.0. The quantitative estimate of drug-likeness (QED) is 0.747. The minimum absolute atomic E-state index is 0.760. The Kier molecular flexibility index (Phi) is 4.07. The first-order valence-corrected chi connectivity index (χ1v) is 7.01. The van der Waals surface area contributed by atoms with Crippen molar-refractivity contribution in [3.63, 3.8) is 0 Å². The smallest absolute Gasteiger partial charge is 0.00696 e. The van der Waals surface area contributed by atoms with Crippen molar-refractivity contribution in [2.24, 2.45) is 11.8 Å². The van der Waals surface area contributed by atoms with Gasteiger partial charge in [0.2, 0.25) is 0 Å². The molecular weight excluding hydrogens is 182 g/mol. The van der Waals surface area contributed by atoms with Gasteiger partial charge in [0.1, 0.15) is 0 Å². The Labute approximate surface area is 95.0 Å². The van der Waals surface area contributed by atoms with Crippen LogP contribution >= 0.6 is 0 Å². The van der Waals surface area contributed by atoms with Crippen LogP contribution in [0.5, 0.6) is 0 Å². The average Bonchev–Trinajstić information content (AvgIpc) is 2.70. The zero-order valence-corrected chi connectivity index (χ0v) is 10.5. The summed E-state index contributed by atoms with van der Waals surface area (Å²) >= 11 is 0. The molecule has 0 saturated heterocycles. The molecule has 2 rings (SSSR count). The maximum Gasteiger partial charge on any atom is 0.00696 e. The summed E-state index contributed by atoms with van der Waals surface area (Å²) in [6.45, 7) is 4.84. The van der Waals surface area contributed by atoms with Crippen molar-refractivity contribution >= 4 is 0 Å². The molecule has 1 heteroatoms. The van der Waals surface area contributed by atoms with E-state index in [-0.39, 0.29) is 0 Å². The van der Waals surface area contributed by atoms with E-state index in [1.807, 2.05) is 0 Å². The van der Waals surface area contributed by atoms with E-state index in [4.69, 9.17) is 0 Å². The second-order valence-corrected chi connectivity index (χ2v) is 5.97. The minimum atomic E-state index is 0.760. The van der Waals surface area contributed by atoms with Crippen molar-refractivity contribution in [3.05, 3.63) is 0 Å². The van der Waals surface area contributed by atoms with Crippen LogP contribution in [0.15, 0.2) is 0 Å². The minimum Gasteiger partial charge on any atom is -0.311 e. The van der Waals surface area contributed by atoms with Crippen LogP contribution in [-0.2, 0) is 0 Å². The van der Waals surface area contributed by atoms with Gasteiger partial charge >= 0.3 is 0 Å². The van der Waals surface area contributed by atoms with Crippen LogP contribution in [0.2, 0.25) is 0 Å². The Balaban J connectivity index is 1.76. The van der Waals surface area contributed by atoms with Crippen LogP contribution in [0.1, 0.15) is 65.2 Å². The van der Waals surface area contributed by atoms with Gasteiger partial charge in [-0.25, -0.2) is 0 Å². The first-order valence-electron chi connectivity index (χ1n) is 7.01. The maximum atomic E-state index is 3.87. The van der Waals surface area contributed by atoms with E-state index in [1.165, 1.54) is 51.4 Å². The molecule has 1 N–H and O–H groups in total. The molecule has 0 aliphatic heterocycles. The predicted octanol–water partition coefficient (Wildman–Crippen LogP) is 3.73. The van der Waals surface area contributed by atoms with Crippen molar-refractivity contribution in [1.82, 2.24) is 5.32 Å². The highest BCUT2D eigenvalue weighted by Crippen LogP contribution is 2.31. The normalized spacial score (nSPS) is 35.6. The van der Waals surface area contributed by atoms with Crippen LogP contribution in [0.25, 0.3) is 0 Å². The van der Waals surface area contributed by atoms with E-state index >= 15 is 0 Å². The zero-order valence-electron chi connectivity index (χ0n) is 10.5. The van der Waals surface area contributed by atoms with Crippen molar-refractivity contribution in [1.29, 1.82) is 0 Å². The van der Waals surface area contributed by atoms with E-state index in [0.717, 1.165) is 23.9 Å². The van der Waals surface area contributed by atoms with E-state index in [0.29, 0.717) is 0 Å². The second kappa shape index (κ2) is 5.34. The first-order chi connectivity index (χ1) is 7.25. The van der Waals surface area contributed by atoms with Crippen LogP contribution in [0, 0.1) is 11.8 Å². The Morgan fingerprint density at radius 2 is 1.73 bits per heavy atom. The monoisotopic (exact) mass is 209 g/mol. The standard InChI is InChI=1S/C14H27N/c1-11-6-5-7-13(10-11)12(2)15-14-8-3-4-9-14/h11-15H,3-10H2,1-2H3. The molecule has 3 unspecified atom stereocenters. The van der Waals surface area contributed by atoms with Gasteiger partial charge in [-0.3, -0.25) is 0 Å². The van der Waals surface area contributed by atoms with Crippen molar-refractivity contribution < 1.29 is 0 Å². The topological polar surface area (TPSA) is 12.0 Å². The summed E-state index contributed by atoms with van der Waals surface area (Å²) in [4.78, 5) is 0. The fourth-order valence-corrected chi connectivity index (χ4v) is 3.54. The third kappa shape index (κ3) is 3.21. The molecule has 0 bridgehead atoms. The summed E-state index contributed by atoms with van der Waals surface area (Å²) in [6, 6.07) is 1.60. The summed E-state index contributed by atoms with van der Waals surface area (Å²) in [5.74, 6) is 1.92. The largest absolute Gasteiger partial charge is 0.311 e. The number of hydrogen-bond acceptors (Lipinski definition) is 1. The SMILES string of the molecule is CC1CCCC(C(C)NC2CCCC2)C1. The molecule has 2 saturated carbocycles. The van der Waals surface area contributed by atoms with E-state index in [2.05, 4.69) is 19.2 Å². The highest BCUT2D eigenvalue weighted by molar-refractivity contribution is 4.83. The Morgan fingerprint density at radius 1 is 1.00 bits per heavy atom. The molecule has 2 aliphatic carbocycles. The van der Waals surface area contributed by atoms with Gasteiger partial charge in [0, 0.05) is 12.1 Å². The molecule has 2 fully saturated rings. The molecule has 0 aromatic rings. The van der Waals surface area contributed by atoms with Gasteiger partial charge in [-0.1, -0.05) is 32.6 Å². The highest BCUT2D eigenvalue weighted by Gasteiger charge is 2.26. The summed E-state index contributed by atoms with van der Waals surface area (Å²) < 4.78 is 0. The molecule has 2 aliphatic rings. The maximum absolute atomic E-state index is 3.87. The van der Waals surface area contributed by atoms with Crippen molar-refractivity contribution in [3.8, 4) is 0 Å². The van der Waals surface area contributed by atoms with Crippen LogP contribution < -0.4 is 5.32 Å². The molecule has 0 radical (unpaired) electrons. The van der Waals surface area contributed by atoms with Gasteiger partial charge in [0.05, 0.1) is 0 Å². The third-order valence-corrected chi connectivity index (χ3v) is 4.54. The molecule has 0 aromatic heterocycles.